The van der Waals surface area contributed by atoms with E-state index in [-0.39, 0.29) is 11.3 Å². The number of nitrogens with zero attached hydrogens (tertiary/aromatic N) is 5. The number of aryl methyl sites for hydroxylation is 1. The Morgan fingerprint density at radius 3 is 2.44 bits per heavy atom. The molecule has 0 aliphatic heterocycles. The van der Waals surface area contributed by atoms with Gasteiger partial charge in [0.25, 0.3) is 5.91 Å². The molecule has 4 aromatic heterocycles. The fourth-order valence-electron chi connectivity index (χ4n) is 4.53. The minimum Gasteiger partial charge on any atom is -0.478 e. The quantitative estimate of drug-likeness (QED) is 0.254. The van der Waals surface area contributed by atoms with E-state index in [0.717, 1.165) is 11.3 Å². The van der Waals surface area contributed by atoms with Crippen LogP contribution in [0.25, 0.3) is 39.5 Å². The molecule has 10 nitrogen and oxygen atoms in total. The van der Waals surface area contributed by atoms with Crippen LogP contribution in [-0.4, -0.2) is 41.5 Å². The molecule has 0 atom stereocenters. The molecule has 0 saturated heterocycles. The van der Waals surface area contributed by atoms with E-state index >= 15 is 0 Å². The summed E-state index contributed by atoms with van der Waals surface area (Å²) >= 11 is 0. The zero-order valence-corrected chi connectivity index (χ0v) is 21.8. The first-order chi connectivity index (χ1) is 19.9. The van der Waals surface area contributed by atoms with Crippen LogP contribution in [0.15, 0.2) is 97.3 Å². The molecule has 0 radical (unpaired) electrons. The van der Waals surface area contributed by atoms with Crippen molar-refractivity contribution in [2.75, 3.05) is 11.1 Å². The number of carboxylic acids is 1. The van der Waals surface area contributed by atoms with E-state index in [0.29, 0.717) is 45.3 Å². The number of carbonyl (C=O) groups is 2. The number of anilines is 2. The highest BCUT2D eigenvalue weighted by molar-refractivity contribution is 6.03. The van der Waals surface area contributed by atoms with Crippen LogP contribution < -0.4 is 11.1 Å². The van der Waals surface area contributed by atoms with Gasteiger partial charge in [0.05, 0.1) is 28.7 Å². The Hall–Kier alpha value is -5.90. The number of nitrogens with one attached hydrogen (secondary N) is 1. The van der Waals surface area contributed by atoms with Gasteiger partial charge < -0.3 is 16.2 Å². The van der Waals surface area contributed by atoms with E-state index in [1.165, 1.54) is 12.1 Å². The Labute approximate surface area is 234 Å². The van der Waals surface area contributed by atoms with Gasteiger partial charge in [-0.05, 0) is 67.1 Å². The molecule has 0 unspecified atom stereocenters. The Morgan fingerprint density at radius 2 is 1.73 bits per heavy atom. The average Bonchev–Trinajstić information content (AvgIpc) is 3.37. The van der Waals surface area contributed by atoms with Crippen LogP contribution in [0, 0.1) is 6.92 Å². The lowest BCUT2D eigenvalue weighted by molar-refractivity contribution is 0.0696. The number of hydrogen-bond donors (Lipinski definition) is 3. The lowest BCUT2D eigenvalue weighted by Crippen LogP contribution is -2.15. The van der Waals surface area contributed by atoms with Crippen LogP contribution in [0.1, 0.15) is 26.4 Å². The summed E-state index contributed by atoms with van der Waals surface area (Å²) in [5.74, 6) is -0.607. The number of hydrogen-bond acceptors (Lipinski definition) is 7. The van der Waals surface area contributed by atoms with Crippen LogP contribution >= 0.6 is 0 Å². The number of aromatic nitrogens is 5. The minimum absolute atomic E-state index is 0.143. The van der Waals surface area contributed by atoms with E-state index in [1.54, 1.807) is 43.6 Å². The minimum atomic E-state index is -1.03. The van der Waals surface area contributed by atoms with E-state index in [1.807, 2.05) is 53.1 Å². The number of carbonyl (C=O) groups excluding carboxylic acids is 1. The third-order valence-corrected chi connectivity index (χ3v) is 6.61. The SMILES string of the molecule is Cc1cc(C(=O)O)ccc1NC(=O)c1ccc(-n2c(-c3cccnc3N)nc3ccc(-c4ccccc4)nc32)cn1. The van der Waals surface area contributed by atoms with Crippen LogP contribution in [0.3, 0.4) is 0 Å². The van der Waals surface area contributed by atoms with Crippen molar-refractivity contribution in [1.82, 2.24) is 24.5 Å². The van der Waals surface area contributed by atoms with Crippen molar-refractivity contribution in [1.29, 1.82) is 0 Å². The lowest BCUT2D eigenvalue weighted by Gasteiger charge is -2.12. The van der Waals surface area contributed by atoms with Gasteiger partial charge in [-0.15, -0.1) is 0 Å². The maximum atomic E-state index is 13.0. The normalized spacial score (nSPS) is 11.0. The number of fused-ring (bicyclic) bond motifs is 1. The summed E-state index contributed by atoms with van der Waals surface area (Å²) < 4.78 is 1.85. The molecule has 0 aliphatic carbocycles. The van der Waals surface area contributed by atoms with E-state index in [9.17, 15) is 14.7 Å². The van der Waals surface area contributed by atoms with Gasteiger partial charge in [-0.3, -0.25) is 9.36 Å². The van der Waals surface area contributed by atoms with Crippen molar-refractivity contribution in [2.24, 2.45) is 0 Å². The first-order valence-corrected chi connectivity index (χ1v) is 12.7. The largest absolute Gasteiger partial charge is 0.478 e. The highest BCUT2D eigenvalue weighted by Gasteiger charge is 2.20. The average molecular weight is 542 g/mol. The Kier molecular flexibility index (Phi) is 6.40. The van der Waals surface area contributed by atoms with Crippen LogP contribution in [0.5, 0.6) is 0 Å². The molecule has 0 saturated carbocycles. The molecular formula is C31H23N7O3. The summed E-state index contributed by atoms with van der Waals surface area (Å²) in [6.07, 6.45) is 3.19. The van der Waals surface area contributed by atoms with Gasteiger partial charge in [0.15, 0.2) is 11.5 Å². The maximum Gasteiger partial charge on any atom is 0.335 e. The number of carboxylic acid groups (broad SMARTS) is 1. The lowest BCUT2D eigenvalue weighted by atomic mass is 10.1. The van der Waals surface area contributed by atoms with Gasteiger partial charge in [0.1, 0.15) is 17.0 Å². The third kappa shape index (κ3) is 4.85. The monoisotopic (exact) mass is 541 g/mol. The van der Waals surface area contributed by atoms with Gasteiger partial charge in [-0.1, -0.05) is 30.3 Å². The number of pyridine rings is 3. The van der Waals surface area contributed by atoms with Crippen molar-refractivity contribution >= 4 is 34.5 Å². The maximum absolute atomic E-state index is 13.0. The fraction of sp³-hybridized carbons (Fsp3) is 0.0323. The molecule has 0 aliphatic rings. The Bertz CT molecular complexity index is 1930. The van der Waals surface area contributed by atoms with Crippen LogP contribution in [-0.2, 0) is 0 Å². The zero-order chi connectivity index (χ0) is 28.5. The van der Waals surface area contributed by atoms with Gasteiger partial charge in [-0.2, -0.15) is 0 Å². The number of nitrogen functional groups attached to an aromatic ring is 1. The summed E-state index contributed by atoms with van der Waals surface area (Å²) in [6.45, 7) is 1.73. The third-order valence-electron chi connectivity index (χ3n) is 6.61. The molecule has 2 aromatic carbocycles. The number of benzene rings is 2. The van der Waals surface area contributed by atoms with Crippen LogP contribution in [0.4, 0.5) is 11.5 Å². The van der Waals surface area contributed by atoms with Crippen molar-refractivity contribution in [3.05, 3.63) is 114 Å². The molecule has 6 rings (SSSR count). The van der Waals surface area contributed by atoms with E-state index in [4.69, 9.17) is 15.7 Å². The standard InChI is InChI=1S/C31H23N7O3/c1-18-16-20(31(40)41)9-11-23(18)37-30(39)26-12-10-21(17-34-26)38-28(22-8-5-15-33-27(22)32)36-25-14-13-24(35-29(25)38)19-6-3-2-4-7-19/h2-17H,1H3,(H2,32,33)(H,37,39)(H,40,41). The molecule has 6 aromatic rings. The highest BCUT2D eigenvalue weighted by Crippen LogP contribution is 2.31. The summed E-state index contributed by atoms with van der Waals surface area (Å²) in [4.78, 5) is 42.6. The zero-order valence-electron chi connectivity index (χ0n) is 21.8. The molecule has 0 bridgehead atoms. The second-order valence-corrected chi connectivity index (χ2v) is 9.30. The highest BCUT2D eigenvalue weighted by atomic mass is 16.4. The van der Waals surface area contributed by atoms with E-state index in [2.05, 4.69) is 15.3 Å². The summed E-state index contributed by atoms with van der Waals surface area (Å²) in [5.41, 5.74) is 11.9. The topological polar surface area (TPSA) is 149 Å². The van der Waals surface area contributed by atoms with Gasteiger partial charge in [0, 0.05) is 17.4 Å². The molecule has 200 valence electrons. The first kappa shape index (κ1) is 25.4. The molecule has 41 heavy (non-hydrogen) atoms. The predicted molar refractivity (Wildman–Crippen MR) is 156 cm³/mol. The fourth-order valence-corrected chi connectivity index (χ4v) is 4.53. The van der Waals surface area contributed by atoms with Crippen molar-refractivity contribution in [3.8, 4) is 28.3 Å². The van der Waals surface area contributed by atoms with Gasteiger partial charge in [0.2, 0.25) is 0 Å². The van der Waals surface area contributed by atoms with Crippen LogP contribution in [0.2, 0.25) is 0 Å². The number of imidazole rings is 1. The number of amides is 1. The number of nitrogens with two attached hydrogens (primary N) is 1. The molecule has 10 heteroatoms. The van der Waals surface area contributed by atoms with E-state index < -0.39 is 11.9 Å². The molecule has 0 spiro atoms. The second kappa shape index (κ2) is 10.3. The van der Waals surface area contributed by atoms with Crippen molar-refractivity contribution < 1.29 is 14.7 Å². The first-order valence-electron chi connectivity index (χ1n) is 12.7. The number of rotatable bonds is 6. The summed E-state index contributed by atoms with van der Waals surface area (Å²) in [7, 11) is 0. The van der Waals surface area contributed by atoms with Gasteiger partial charge >= 0.3 is 5.97 Å². The van der Waals surface area contributed by atoms with Crippen molar-refractivity contribution in [3.63, 3.8) is 0 Å². The second-order valence-electron chi connectivity index (χ2n) is 9.30. The predicted octanol–water partition coefficient (Wildman–Crippen LogP) is 5.39. The molecule has 1 amide bonds. The molecule has 0 fully saturated rings. The molecular weight excluding hydrogens is 518 g/mol. The Morgan fingerprint density at radius 1 is 0.902 bits per heavy atom. The summed E-state index contributed by atoms with van der Waals surface area (Å²) in [6, 6.07) is 25.1. The molecule has 4 N–H and O–H groups in total. The summed E-state index contributed by atoms with van der Waals surface area (Å²) in [5, 5.41) is 12.0. The van der Waals surface area contributed by atoms with Gasteiger partial charge in [-0.25, -0.2) is 24.7 Å². The van der Waals surface area contributed by atoms with Crippen molar-refractivity contribution in [2.45, 2.75) is 6.92 Å². The smallest absolute Gasteiger partial charge is 0.335 e. The number of aromatic carboxylic acids is 1. The Balaban J connectivity index is 1.40. The molecule has 4 heterocycles.